The number of anilines is 2. The van der Waals surface area contributed by atoms with Gasteiger partial charge < -0.3 is 11.1 Å². The number of carbonyl (C=O) groups excluding carboxylic acids is 1. The number of nitrogens with one attached hydrogen (secondary N) is 1. The molecule has 0 radical (unpaired) electrons. The maximum absolute atomic E-state index is 14.0. The smallest absolute Gasteiger partial charge is 0.260 e. The van der Waals surface area contributed by atoms with E-state index in [0.717, 1.165) is 13.7 Å². The lowest BCUT2D eigenvalue weighted by Crippen LogP contribution is -2.11. The van der Waals surface area contributed by atoms with Crippen LogP contribution in [0.5, 0.6) is 0 Å². The average molecular weight is 413 g/mol. The van der Waals surface area contributed by atoms with Gasteiger partial charge in [-0.3, -0.25) is 9.78 Å². The van der Waals surface area contributed by atoms with Gasteiger partial charge in [0.25, 0.3) is 5.91 Å². The van der Waals surface area contributed by atoms with Crippen molar-refractivity contribution >= 4 is 61.3 Å². The number of benzene rings is 1. The van der Waals surface area contributed by atoms with Crippen molar-refractivity contribution in [1.29, 1.82) is 0 Å². The molecule has 4 nitrogen and oxygen atoms in total. The molecule has 0 saturated heterocycles. The Kier molecular flexibility index (Phi) is 3.77. The van der Waals surface area contributed by atoms with E-state index in [9.17, 15) is 9.18 Å². The number of hydrogen-bond donors (Lipinski definition) is 2. The molecule has 3 aromatic rings. The number of aromatic nitrogens is 1. The third kappa shape index (κ3) is 2.70. The summed E-state index contributed by atoms with van der Waals surface area (Å²) in [7, 11) is 0. The van der Waals surface area contributed by atoms with Crippen LogP contribution in [0.2, 0.25) is 0 Å². The van der Waals surface area contributed by atoms with E-state index in [2.05, 4.69) is 10.3 Å². The number of pyridine rings is 1. The summed E-state index contributed by atoms with van der Waals surface area (Å²) in [5.74, 6) is -0.935. The van der Waals surface area contributed by atoms with Crippen molar-refractivity contribution in [3.8, 4) is 0 Å². The van der Waals surface area contributed by atoms with Gasteiger partial charge in [-0.05, 0) is 46.9 Å². The predicted octanol–water partition coefficient (Wildman–Crippen LogP) is 3.88. The quantitative estimate of drug-likeness (QED) is 0.641. The fourth-order valence-electron chi connectivity index (χ4n) is 1.97. The lowest BCUT2D eigenvalue weighted by molar-refractivity contribution is 0.100. The zero-order valence-electron chi connectivity index (χ0n) is 10.6. The van der Waals surface area contributed by atoms with Crippen molar-refractivity contribution in [3.63, 3.8) is 0 Å². The minimum absolute atomic E-state index is 0.300. The Balaban J connectivity index is 2.14. The Bertz CT molecular complexity index is 849. The Morgan fingerprint density at radius 2 is 2.19 bits per heavy atom. The molecule has 1 amide bonds. The van der Waals surface area contributed by atoms with Crippen molar-refractivity contribution in [2.24, 2.45) is 5.73 Å². The molecule has 0 unspecified atom stereocenters. The van der Waals surface area contributed by atoms with Gasteiger partial charge in [0.15, 0.2) is 0 Å². The zero-order valence-corrected chi connectivity index (χ0v) is 13.5. The van der Waals surface area contributed by atoms with Gasteiger partial charge in [0.05, 0.1) is 16.1 Å². The second kappa shape index (κ2) is 5.57. The minimum Gasteiger partial charge on any atom is -0.365 e. The molecule has 0 bridgehead atoms. The predicted molar refractivity (Wildman–Crippen MR) is 90.5 cm³/mol. The number of carbonyl (C=O) groups is 1. The lowest BCUT2D eigenvalue weighted by atomic mass is 10.2. The molecule has 0 spiro atoms. The summed E-state index contributed by atoms with van der Waals surface area (Å²) in [6.45, 7) is 0. The van der Waals surface area contributed by atoms with Crippen molar-refractivity contribution < 1.29 is 9.18 Å². The van der Waals surface area contributed by atoms with Crippen molar-refractivity contribution in [1.82, 2.24) is 4.98 Å². The normalized spacial score (nSPS) is 10.8. The molecule has 7 heteroatoms. The first-order chi connectivity index (χ1) is 10.1. The molecule has 0 aliphatic rings. The van der Waals surface area contributed by atoms with Crippen LogP contribution in [0.1, 0.15) is 9.67 Å². The van der Waals surface area contributed by atoms with Gasteiger partial charge in [-0.25, -0.2) is 4.39 Å². The highest BCUT2D eigenvalue weighted by atomic mass is 127. The van der Waals surface area contributed by atoms with Gasteiger partial charge in [0, 0.05) is 21.4 Å². The number of nitrogens with two attached hydrogens (primary N) is 1. The standard InChI is InChI=1S/C14H9FIN3OS/c15-9-5-7(16)1-2-10(9)19-12-8-3-4-18-6-11(8)21-13(12)14(17)20/h1-6,19H,(H2,17,20). The van der Waals surface area contributed by atoms with Crippen LogP contribution in [-0.4, -0.2) is 10.9 Å². The van der Waals surface area contributed by atoms with E-state index in [-0.39, 0.29) is 5.82 Å². The van der Waals surface area contributed by atoms with E-state index in [4.69, 9.17) is 5.73 Å². The minimum atomic E-state index is -0.551. The summed E-state index contributed by atoms with van der Waals surface area (Å²) in [5, 5.41) is 3.77. The summed E-state index contributed by atoms with van der Waals surface area (Å²) >= 11 is 3.27. The number of thiophene rings is 1. The number of amides is 1. The van der Waals surface area contributed by atoms with Crippen LogP contribution in [-0.2, 0) is 0 Å². The van der Waals surface area contributed by atoms with Gasteiger partial charge in [0.2, 0.25) is 0 Å². The van der Waals surface area contributed by atoms with Gasteiger partial charge in [0.1, 0.15) is 10.7 Å². The summed E-state index contributed by atoms with van der Waals surface area (Å²) in [4.78, 5) is 16.0. The van der Waals surface area contributed by atoms with E-state index in [0.29, 0.717) is 16.3 Å². The first-order valence-electron chi connectivity index (χ1n) is 5.94. The fourth-order valence-corrected chi connectivity index (χ4v) is 3.40. The molecule has 0 atom stereocenters. The zero-order chi connectivity index (χ0) is 15.0. The second-order valence-electron chi connectivity index (χ2n) is 4.29. The van der Waals surface area contributed by atoms with Crippen LogP contribution in [0.4, 0.5) is 15.8 Å². The topological polar surface area (TPSA) is 68.0 Å². The summed E-state index contributed by atoms with van der Waals surface area (Å²) < 4.78 is 15.6. The molecule has 2 aromatic heterocycles. The Morgan fingerprint density at radius 1 is 1.38 bits per heavy atom. The highest BCUT2D eigenvalue weighted by molar-refractivity contribution is 14.1. The molecule has 0 aliphatic carbocycles. The van der Waals surface area contributed by atoms with E-state index < -0.39 is 5.91 Å². The molecule has 21 heavy (non-hydrogen) atoms. The maximum atomic E-state index is 14.0. The van der Waals surface area contributed by atoms with Gasteiger partial charge >= 0.3 is 0 Å². The molecule has 1 aromatic carbocycles. The molecule has 3 rings (SSSR count). The number of fused-ring (bicyclic) bond motifs is 1. The number of primary amides is 1. The van der Waals surface area contributed by atoms with Gasteiger partial charge in [-0.2, -0.15) is 0 Å². The monoisotopic (exact) mass is 413 g/mol. The summed E-state index contributed by atoms with van der Waals surface area (Å²) in [5.41, 5.74) is 6.23. The first kappa shape index (κ1) is 14.2. The molecule has 0 aliphatic heterocycles. The van der Waals surface area contributed by atoms with Crippen LogP contribution in [0.3, 0.4) is 0 Å². The fraction of sp³-hybridized carbons (Fsp3) is 0. The average Bonchev–Trinajstić information content (AvgIpc) is 2.81. The third-order valence-electron chi connectivity index (χ3n) is 2.91. The molecule has 0 fully saturated rings. The summed E-state index contributed by atoms with van der Waals surface area (Å²) in [6, 6.07) is 6.60. The molecule has 2 heterocycles. The van der Waals surface area contributed by atoms with E-state index in [1.165, 1.54) is 17.4 Å². The Morgan fingerprint density at radius 3 is 2.90 bits per heavy atom. The van der Waals surface area contributed by atoms with Crippen molar-refractivity contribution in [2.45, 2.75) is 0 Å². The Labute approximate surface area is 137 Å². The largest absolute Gasteiger partial charge is 0.365 e. The number of hydrogen-bond acceptors (Lipinski definition) is 4. The van der Waals surface area contributed by atoms with E-state index in [1.807, 2.05) is 22.6 Å². The number of halogens is 2. The highest BCUT2D eigenvalue weighted by Gasteiger charge is 2.17. The summed E-state index contributed by atoms with van der Waals surface area (Å²) in [6.07, 6.45) is 3.28. The van der Waals surface area contributed by atoms with Crippen LogP contribution < -0.4 is 11.1 Å². The van der Waals surface area contributed by atoms with Gasteiger partial charge in [-0.15, -0.1) is 11.3 Å². The van der Waals surface area contributed by atoms with Crippen molar-refractivity contribution in [2.75, 3.05) is 5.32 Å². The lowest BCUT2D eigenvalue weighted by Gasteiger charge is -2.08. The molecule has 0 saturated carbocycles. The second-order valence-corrected chi connectivity index (χ2v) is 6.59. The van der Waals surface area contributed by atoms with Crippen LogP contribution in [0, 0.1) is 9.39 Å². The first-order valence-corrected chi connectivity index (χ1v) is 7.84. The molecule has 3 N–H and O–H groups in total. The number of nitrogens with zero attached hydrogens (tertiary/aromatic N) is 1. The molecular formula is C14H9FIN3OS. The van der Waals surface area contributed by atoms with Crippen molar-refractivity contribution in [3.05, 3.63) is 50.9 Å². The van der Waals surface area contributed by atoms with Crippen LogP contribution in [0.15, 0.2) is 36.7 Å². The maximum Gasteiger partial charge on any atom is 0.260 e. The SMILES string of the molecule is NC(=O)c1sc2cnccc2c1Nc1ccc(I)cc1F. The molecule has 106 valence electrons. The van der Waals surface area contributed by atoms with E-state index >= 15 is 0 Å². The number of rotatable bonds is 3. The van der Waals surface area contributed by atoms with E-state index in [1.54, 1.807) is 30.6 Å². The van der Waals surface area contributed by atoms with Gasteiger partial charge in [-0.1, -0.05) is 0 Å². The Hall–Kier alpha value is -1.74. The van der Waals surface area contributed by atoms with Crippen LogP contribution in [0.25, 0.3) is 10.1 Å². The third-order valence-corrected chi connectivity index (χ3v) is 4.73. The molecular weight excluding hydrogens is 404 g/mol. The highest BCUT2D eigenvalue weighted by Crippen LogP contribution is 2.37. The van der Waals surface area contributed by atoms with Crippen LogP contribution >= 0.6 is 33.9 Å².